The Kier molecular flexibility index (Phi) is 3.42. The van der Waals surface area contributed by atoms with Gasteiger partial charge in [0.25, 0.3) is 0 Å². The molecule has 0 aromatic carbocycles. The van der Waals surface area contributed by atoms with Crippen LogP contribution in [-0.2, 0) is 4.79 Å². The van der Waals surface area contributed by atoms with E-state index >= 15 is 0 Å². The lowest BCUT2D eigenvalue weighted by Crippen LogP contribution is -2.10. The molecule has 16 heavy (non-hydrogen) atoms. The average molecular weight is 242 g/mol. The van der Waals surface area contributed by atoms with E-state index in [1.807, 2.05) is 0 Å². The molecule has 0 spiro atoms. The molecule has 0 amide bonds. The summed E-state index contributed by atoms with van der Waals surface area (Å²) in [5.74, 6) is -0.145. The van der Waals surface area contributed by atoms with Crippen molar-refractivity contribution in [3.8, 4) is 0 Å². The smallest absolute Gasteiger partial charge is 0.313 e. The van der Waals surface area contributed by atoms with Gasteiger partial charge in [-0.25, -0.2) is 4.68 Å². The molecule has 2 atom stereocenters. The normalized spacial score (nSPS) is 24.8. The van der Waals surface area contributed by atoms with Gasteiger partial charge >= 0.3 is 5.97 Å². The third-order valence-corrected chi connectivity index (χ3v) is 3.72. The predicted octanol–water partition coefficient (Wildman–Crippen LogP) is 1.21. The fraction of sp³-hybridized carbons (Fsp3) is 0.778. The first-order chi connectivity index (χ1) is 7.66. The summed E-state index contributed by atoms with van der Waals surface area (Å²) in [5, 5.41) is 20.7. The van der Waals surface area contributed by atoms with Crippen molar-refractivity contribution in [2.75, 3.05) is 5.75 Å². The topological polar surface area (TPSA) is 80.9 Å². The summed E-state index contributed by atoms with van der Waals surface area (Å²) in [5.41, 5.74) is 0. The van der Waals surface area contributed by atoms with E-state index in [4.69, 9.17) is 5.11 Å². The number of tetrazole rings is 1. The third-order valence-electron chi connectivity index (χ3n) is 2.80. The monoisotopic (exact) mass is 242 g/mol. The minimum absolute atomic E-state index is 0.00263. The summed E-state index contributed by atoms with van der Waals surface area (Å²) < 4.78 is 1.77. The number of hydrogen-bond donors (Lipinski definition) is 1. The average Bonchev–Trinajstić information content (AvgIpc) is 2.82. The summed E-state index contributed by atoms with van der Waals surface area (Å²) in [6.07, 6.45) is 3.34. The third kappa shape index (κ3) is 2.52. The minimum atomic E-state index is -0.848. The van der Waals surface area contributed by atoms with Crippen molar-refractivity contribution in [3.63, 3.8) is 0 Å². The molecule has 0 saturated heterocycles. The molecule has 1 aliphatic rings. The van der Waals surface area contributed by atoms with Crippen molar-refractivity contribution in [1.82, 2.24) is 20.2 Å². The van der Waals surface area contributed by atoms with Crippen molar-refractivity contribution >= 4 is 17.7 Å². The first-order valence-corrected chi connectivity index (χ1v) is 6.28. The number of rotatable bonds is 4. The Morgan fingerprint density at radius 2 is 2.44 bits per heavy atom. The summed E-state index contributed by atoms with van der Waals surface area (Å²) in [7, 11) is 0. The van der Waals surface area contributed by atoms with Gasteiger partial charge in [-0.1, -0.05) is 18.7 Å². The highest BCUT2D eigenvalue weighted by Crippen LogP contribution is 2.35. The number of aromatic nitrogens is 4. The second-order valence-electron chi connectivity index (χ2n) is 4.16. The van der Waals surface area contributed by atoms with Gasteiger partial charge in [0.05, 0.1) is 11.8 Å². The first kappa shape index (κ1) is 11.4. The molecule has 1 saturated carbocycles. The highest BCUT2D eigenvalue weighted by molar-refractivity contribution is 7.99. The van der Waals surface area contributed by atoms with E-state index in [1.165, 1.54) is 18.2 Å². The van der Waals surface area contributed by atoms with Gasteiger partial charge in [-0.2, -0.15) is 0 Å². The Balaban J connectivity index is 2.04. The summed E-state index contributed by atoms with van der Waals surface area (Å²) in [4.78, 5) is 10.5. The number of thioether (sulfide) groups is 1. The highest BCUT2D eigenvalue weighted by atomic mass is 32.2. The highest BCUT2D eigenvalue weighted by Gasteiger charge is 2.26. The maximum absolute atomic E-state index is 10.5. The van der Waals surface area contributed by atoms with E-state index in [9.17, 15) is 4.79 Å². The number of nitrogens with zero attached hydrogens (tertiary/aromatic N) is 4. The maximum Gasteiger partial charge on any atom is 0.313 e. The van der Waals surface area contributed by atoms with Crippen LogP contribution in [0.3, 0.4) is 0 Å². The molecule has 1 fully saturated rings. The molecule has 2 unspecified atom stereocenters. The Hall–Kier alpha value is -1.11. The number of carboxylic acid groups (broad SMARTS) is 1. The van der Waals surface area contributed by atoms with Crippen molar-refractivity contribution in [2.24, 2.45) is 5.92 Å². The fourth-order valence-electron chi connectivity index (χ4n) is 2.04. The Morgan fingerprint density at radius 1 is 1.62 bits per heavy atom. The quantitative estimate of drug-likeness (QED) is 0.799. The van der Waals surface area contributed by atoms with Gasteiger partial charge in [0.1, 0.15) is 0 Å². The summed E-state index contributed by atoms with van der Waals surface area (Å²) in [6.45, 7) is 2.22. The van der Waals surface area contributed by atoms with E-state index < -0.39 is 5.97 Å². The SMILES string of the molecule is CC1CCC(n2nnnc2SCC(=O)O)C1. The second kappa shape index (κ2) is 4.82. The molecule has 1 N–H and O–H groups in total. The van der Waals surface area contributed by atoms with Crippen LogP contribution in [0.4, 0.5) is 0 Å². The van der Waals surface area contributed by atoms with Crippen LogP contribution in [-0.4, -0.2) is 37.0 Å². The zero-order valence-electron chi connectivity index (χ0n) is 9.04. The fourth-order valence-corrected chi connectivity index (χ4v) is 2.70. The predicted molar refractivity (Wildman–Crippen MR) is 58.2 cm³/mol. The van der Waals surface area contributed by atoms with E-state index in [0.717, 1.165) is 12.8 Å². The summed E-state index contributed by atoms with van der Waals surface area (Å²) >= 11 is 1.18. The Morgan fingerprint density at radius 3 is 3.06 bits per heavy atom. The summed E-state index contributed by atoms with van der Waals surface area (Å²) in [6, 6.07) is 0.335. The molecule has 1 aliphatic carbocycles. The molecule has 0 aliphatic heterocycles. The lowest BCUT2D eigenvalue weighted by molar-refractivity contribution is -0.133. The zero-order chi connectivity index (χ0) is 11.5. The lowest BCUT2D eigenvalue weighted by Gasteiger charge is -2.10. The Bertz CT molecular complexity index is 381. The van der Waals surface area contributed by atoms with Crippen LogP contribution in [0.1, 0.15) is 32.2 Å². The molecular weight excluding hydrogens is 228 g/mol. The molecule has 2 rings (SSSR count). The molecule has 0 bridgehead atoms. The van der Waals surface area contributed by atoms with Gasteiger partial charge in [0.15, 0.2) is 0 Å². The van der Waals surface area contributed by atoms with Gasteiger partial charge in [-0.3, -0.25) is 4.79 Å². The molecule has 7 heteroatoms. The van der Waals surface area contributed by atoms with E-state index in [1.54, 1.807) is 4.68 Å². The lowest BCUT2D eigenvalue weighted by atomic mass is 10.1. The molecule has 88 valence electrons. The molecule has 1 aromatic heterocycles. The van der Waals surface area contributed by atoms with Crippen molar-refractivity contribution < 1.29 is 9.90 Å². The van der Waals surface area contributed by atoms with Crippen LogP contribution in [0.5, 0.6) is 0 Å². The van der Waals surface area contributed by atoms with Crippen LogP contribution < -0.4 is 0 Å². The van der Waals surface area contributed by atoms with Crippen LogP contribution in [0, 0.1) is 5.92 Å². The Labute approximate surface area is 97.4 Å². The largest absolute Gasteiger partial charge is 0.481 e. The van der Waals surface area contributed by atoms with Crippen LogP contribution in [0.25, 0.3) is 0 Å². The van der Waals surface area contributed by atoms with E-state index in [0.29, 0.717) is 17.1 Å². The van der Waals surface area contributed by atoms with Gasteiger partial charge in [0.2, 0.25) is 5.16 Å². The zero-order valence-corrected chi connectivity index (χ0v) is 9.85. The molecule has 1 aromatic rings. The van der Waals surface area contributed by atoms with Crippen LogP contribution in [0.15, 0.2) is 5.16 Å². The number of carbonyl (C=O) groups is 1. The number of hydrogen-bond acceptors (Lipinski definition) is 5. The minimum Gasteiger partial charge on any atom is -0.481 e. The number of carboxylic acids is 1. The molecule has 1 heterocycles. The standard InChI is InChI=1S/C9H14N4O2S/c1-6-2-3-7(4-6)13-9(10-11-12-13)16-5-8(14)15/h6-7H,2-5H2,1H3,(H,14,15). The van der Waals surface area contributed by atoms with Gasteiger partial charge < -0.3 is 5.11 Å². The molecule has 6 nitrogen and oxygen atoms in total. The van der Waals surface area contributed by atoms with Crippen LogP contribution in [0.2, 0.25) is 0 Å². The molecular formula is C9H14N4O2S. The van der Waals surface area contributed by atoms with Crippen molar-refractivity contribution in [3.05, 3.63) is 0 Å². The van der Waals surface area contributed by atoms with Crippen LogP contribution >= 0.6 is 11.8 Å². The van der Waals surface area contributed by atoms with E-state index in [-0.39, 0.29) is 5.75 Å². The number of aliphatic carboxylic acids is 1. The van der Waals surface area contributed by atoms with Gasteiger partial charge in [0, 0.05) is 0 Å². The van der Waals surface area contributed by atoms with Crippen molar-refractivity contribution in [2.45, 2.75) is 37.4 Å². The molecule has 0 radical (unpaired) electrons. The first-order valence-electron chi connectivity index (χ1n) is 5.29. The second-order valence-corrected chi connectivity index (χ2v) is 5.10. The van der Waals surface area contributed by atoms with Gasteiger partial charge in [-0.15, -0.1) is 5.10 Å². The van der Waals surface area contributed by atoms with E-state index in [2.05, 4.69) is 22.4 Å². The van der Waals surface area contributed by atoms with Crippen molar-refractivity contribution in [1.29, 1.82) is 0 Å². The maximum atomic E-state index is 10.5. The van der Waals surface area contributed by atoms with Gasteiger partial charge in [-0.05, 0) is 35.6 Å².